The summed E-state index contributed by atoms with van der Waals surface area (Å²) in [7, 11) is 0. The van der Waals surface area contributed by atoms with E-state index < -0.39 is 0 Å². The summed E-state index contributed by atoms with van der Waals surface area (Å²) in [5.74, 6) is 0.645. The number of hydrogen-bond donors (Lipinski definition) is 0. The molecule has 5 aromatic heterocycles. The van der Waals surface area contributed by atoms with Gasteiger partial charge in [0.05, 0.1) is 22.1 Å². The summed E-state index contributed by atoms with van der Waals surface area (Å²) in [4.78, 5) is 10.6. The molecule has 0 aliphatic heterocycles. The zero-order chi connectivity index (χ0) is 40.5. The molecule has 0 saturated carbocycles. The van der Waals surface area contributed by atoms with Gasteiger partial charge in [0.15, 0.2) is 11.4 Å². The second-order valence-electron chi connectivity index (χ2n) is 16.1. The first-order chi connectivity index (χ1) is 30.8. The third-order valence-electron chi connectivity index (χ3n) is 12.7. The van der Waals surface area contributed by atoms with Gasteiger partial charge in [-0.15, -0.1) is 11.3 Å². The van der Waals surface area contributed by atoms with E-state index >= 15 is 0 Å². The van der Waals surface area contributed by atoms with Crippen LogP contribution in [-0.2, 0) is 0 Å². The van der Waals surface area contributed by atoms with Crippen LogP contribution in [0, 0.1) is 0 Å². The van der Waals surface area contributed by atoms with E-state index in [0.29, 0.717) is 11.4 Å². The fourth-order valence-electron chi connectivity index (χ4n) is 10.1. The van der Waals surface area contributed by atoms with Crippen LogP contribution >= 0.6 is 11.3 Å². The highest BCUT2D eigenvalue weighted by atomic mass is 32.1. The van der Waals surface area contributed by atoms with Crippen LogP contribution in [0.3, 0.4) is 0 Å². The molecule has 0 aliphatic rings. The van der Waals surface area contributed by atoms with Gasteiger partial charge in [-0.05, 0) is 66.0 Å². The SMILES string of the molecule is c1cc(-c2nc(-c3ccc(-n4c5ccccc5c5c6ccccc6c6sc7ccccc7c6c54)cc3)c3oc4ccccc4c3n2)cc(-n2c3ccccc3c3ccccc32)c1. The van der Waals surface area contributed by atoms with E-state index in [2.05, 4.69) is 185 Å². The van der Waals surface area contributed by atoms with Gasteiger partial charge in [-0.3, -0.25) is 0 Å². The molecular formula is C56H32N4OS. The third kappa shape index (κ3) is 4.67. The van der Waals surface area contributed by atoms with E-state index in [1.165, 1.54) is 63.5 Å². The first-order valence-corrected chi connectivity index (χ1v) is 21.7. The van der Waals surface area contributed by atoms with Crippen molar-refractivity contribution in [2.45, 2.75) is 0 Å². The Kier molecular flexibility index (Phi) is 6.92. The number of rotatable bonds is 4. The van der Waals surface area contributed by atoms with E-state index in [-0.39, 0.29) is 0 Å². The molecular weight excluding hydrogens is 777 g/mol. The predicted molar refractivity (Wildman–Crippen MR) is 259 cm³/mol. The molecule has 5 heterocycles. The van der Waals surface area contributed by atoms with Gasteiger partial charge < -0.3 is 13.6 Å². The molecule has 5 nitrogen and oxygen atoms in total. The summed E-state index contributed by atoms with van der Waals surface area (Å²) in [5.41, 5.74) is 11.8. The molecule has 14 rings (SSSR count). The third-order valence-corrected chi connectivity index (χ3v) is 13.9. The predicted octanol–water partition coefficient (Wildman–Crippen LogP) is 15.4. The molecule has 0 radical (unpaired) electrons. The molecule has 0 amide bonds. The van der Waals surface area contributed by atoms with Crippen LogP contribution in [0.5, 0.6) is 0 Å². The fraction of sp³-hybridized carbons (Fsp3) is 0. The van der Waals surface area contributed by atoms with Crippen LogP contribution in [0.1, 0.15) is 0 Å². The Balaban J connectivity index is 0.983. The maximum absolute atomic E-state index is 6.61. The molecule has 0 fully saturated rings. The van der Waals surface area contributed by atoms with E-state index in [1.54, 1.807) is 0 Å². The minimum Gasteiger partial charge on any atom is -0.452 e. The molecule has 62 heavy (non-hydrogen) atoms. The van der Waals surface area contributed by atoms with Crippen molar-refractivity contribution in [2.24, 2.45) is 0 Å². The summed E-state index contributed by atoms with van der Waals surface area (Å²) >= 11 is 1.88. The highest BCUT2D eigenvalue weighted by molar-refractivity contribution is 7.27. The van der Waals surface area contributed by atoms with Crippen LogP contribution in [0.15, 0.2) is 199 Å². The van der Waals surface area contributed by atoms with E-state index in [4.69, 9.17) is 14.4 Å². The summed E-state index contributed by atoms with van der Waals surface area (Å²) < 4.78 is 14.0. The number of hydrogen-bond acceptors (Lipinski definition) is 4. The standard InChI is InChI=1S/C56H32N4OS/c1-2-19-40-39(18-1)49-41-20-5-10-25-46(41)60(53(49)50-43-22-7-12-27-48(43)62-55(40)50)35-30-28-33(29-31-35)51-54-52(42-21-6-11-26-47(42)61-54)58-56(57-51)34-14-13-15-36(32-34)59-44-23-8-3-16-37(44)38-17-4-9-24-45(38)59/h1-32H. The number of benzene rings is 9. The number of aromatic nitrogens is 4. The Morgan fingerprint density at radius 2 is 1.03 bits per heavy atom. The molecule has 0 atom stereocenters. The van der Waals surface area contributed by atoms with Gasteiger partial charge >= 0.3 is 0 Å². The maximum Gasteiger partial charge on any atom is 0.180 e. The Morgan fingerprint density at radius 3 is 1.79 bits per heavy atom. The molecule has 0 unspecified atom stereocenters. The number of nitrogens with zero attached hydrogens (tertiary/aromatic N) is 4. The van der Waals surface area contributed by atoms with Crippen molar-refractivity contribution in [3.8, 4) is 34.0 Å². The minimum absolute atomic E-state index is 0.645. The van der Waals surface area contributed by atoms with Crippen LogP contribution in [0.25, 0.3) is 131 Å². The number of fused-ring (bicyclic) bond motifs is 16. The Morgan fingerprint density at radius 1 is 0.419 bits per heavy atom. The van der Waals surface area contributed by atoms with Gasteiger partial charge in [-0.1, -0.05) is 133 Å². The highest BCUT2D eigenvalue weighted by Gasteiger charge is 2.23. The lowest BCUT2D eigenvalue weighted by Gasteiger charge is -2.12. The van der Waals surface area contributed by atoms with Gasteiger partial charge in [0, 0.05) is 75.0 Å². The molecule has 0 N–H and O–H groups in total. The lowest BCUT2D eigenvalue weighted by Crippen LogP contribution is -1.98. The lowest BCUT2D eigenvalue weighted by atomic mass is 10.00. The van der Waals surface area contributed by atoms with Gasteiger partial charge in [-0.2, -0.15) is 0 Å². The average Bonchev–Trinajstić information content (AvgIpc) is 4.10. The highest BCUT2D eigenvalue weighted by Crippen LogP contribution is 2.48. The van der Waals surface area contributed by atoms with Crippen LogP contribution in [-0.4, -0.2) is 19.1 Å². The Bertz CT molecular complexity index is 4110. The molecule has 0 saturated heterocycles. The molecule has 0 spiro atoms. The second kappa shape index (κ2) is 12.7. The number of thiophene rings is 1. The first-order valence-electron chi connectivity index (χ1n) is 20.9. The summed E-state index contributed by atoms with van der Waals surface area (Å²) in [6.45, 7) is 0. The molecule has 6 heteroatoms. The van der Waals surface area contributed by atoms with Gasteiger partial charge in [0.1, 0.15) is 16.8 Å². The van der Waals surface area contributed by atoms with Crippen molar-refractivity contribution < 1.29 is 4.42 Å². The summed E-state index contributed by atoms with van der Waals surface area (Å²) in [5, 5.41) is 11.1. The molecule has 288 valence electrons. The largest absolute Gasteiger partial charge is 0.452 e. The van der Waals surface area contributed by atoms with Crippen molar-refractivity contribution in [1.82, 2.24) is 19.1 Å². The summed E-state index contributed by atoms with van der Waals surface area (Å²) in [6.07, 6.45) is 0. The van der Waals surface area contributed by atoms with Crippen LogP contribution in [0.4, 0.5) is 0 Å². The van der Waals surface area contributed by atoms with Crippen molar-refractivity contribution in [1.29, 1.82) is 0 Å². The fourth-order valence-corrected chi connectivity index (χ4v) is 11.3. The van der Waals surface area contributed by atoms with E-state index in [1.807, 2.05) is 29.5 Å². The van der Waals surface area contributed by atoms with Crippen molar-refractivity contribution >= 4 is 108 Å². The lowest BCUT2D eigenvalue weighted by molar-refractivity contribution is 0.667. The van der Waals surface area contributed by atoms with Crippen LogP contribution < -0.4 is 0 Å². The monoisotopic (exact) mass is 808 g/mol. The molecule has 0 aliphatic carbocycles. The Labute approximate surface area is 358 Å². The second-order valence-corrected chi connectivity index (χ2v) is 17.1. The first kappa shape index (κ1) is 33.7. The number of furan rings is 1. The quantitative estimate of drug-likeness (QED) is 0.178. The van der Waals surface area contributed by atoms with E-state index in [9.17, 15) is 0 Å². The zero-order valence-electron chi connectivity index (χ0n) is 33.1. The van der Waals surface area contributed by atoms with Crippen molar-refractivity contribution in [3.63, 3.8) is 0 Å². The van der Waals surface area contributed by atoms with Crippen LogP contribution in [0.2, 0.25) is 0 Å². The Hall–Kier alpha value is -8.06. The van der Waals surface area contributed by atoms with Gasteiger partial charge in [-0.25, -0.2) is 9.97 Å². The summed E-state index contributed by atoms with van der Waals surface area (Å²) in [6, 6.07) is 69.3. The maximum atomic E-state index is 6.61. The minimum atomic E-state index is 0.645. The number of para-hydroxylation sites is 4. The van der Waals surface area contributed by atoms with Gasteiger partial charge in [0.25, 0.3) is 0 Å². The average molecular weight is 809 g/mol. The molecule has 0 bridgehead atoms. The topological polar surface area (TPSA) is 48.8 Å². The smallest absolute Gasteiger partial charge is 0.180 e. The zero-order valence-corrected chi connectivity index (χ0v) is 33.9. The molecule has 9 aromatic carbocycles. The van der Waals surface area contributed by atoms with Gasteiger partial charge in [0.2, 0.25) is 0 Å². The molecule has 14 aromatic rings. The van der Waals surface area contributed by atoms with E-state index in [0.717, 1.165) is 55.7 Å². The van der Waals surface area contributed by atoms with Crippen molar-refractivity contribution in [2.75, 3.05) is 0 Å². The normalized spacial score (nSPS) is 12.2. The van der Waals surface area contributed by atoms with Crippen molar-refractivity contribution in [3.05, 3.63) is 194 Å².